The van der Waals surface area contributed by atoms with E-state index in [4.69, 9.17) is 11.5 Å². The molecule has 1 fully saturated rings. The van der Waals surface area contributed by atoms with Gasteiger partial charge in [-0.2, -0.15) is 0 Å². The van der Waals surface area contributed by atoms with Crippen LogP contribution in [0, 0.1) is 5.92 Å². The average molecular weight is 275 g/mol. The fourth-order valence-electron chi connectivity index (χ4n) is 3.22. The second-order valence-electron chi connectivity index (χ2n) is 5.86. The number of nitrogens with zero attached hydrogens (tertiary/aromatic N) is 1. The fourth-order valence-corrected chi connectivity index (χ4v) is 3.22. The Kier molecular flexibility index (Phi) is 5.15. The first-order valence-electron chi connectivity index (χ1n) is 7.41. The lowest BCUT2D eigenvalue weighted by Gasteiger charge is -2.39. The van der Waals surface area contributed by atoms with Crippen LogP contribution in [0.15, 0.2) is 30.3 Å². The molecule has 20 heavy (non-hydrogen) atoms. The van der Waals surface area contributed by atoms with Crippen molar-refractivity contribution in [3.63, 3.8) is 0 Å². The Balaban J connectivity index is 2.01. The highest BCUT2D eigenvalue weighted by atomic mass is 16.1. The molecule has 4 heteroatoms. The number of hydrogen-bond acceptors (Lipinski definition) is 3. The number of nitrogens with two attached hydrogens (primary N) is 2. The van der Waals surface area contributed by atoms with Crippen LogP contribution in [0.1, 0.15) is 37.8 Å². The minimum atomic E-state index is -0.185. The molecule has 110 valence electrons. The molecule has 0 radical (unpaired) electrons. The predicted molar refractivity (Wildman–Crippen MR) is 80.9 cm³/mol. The highest BCUT2D eigenvalue weighted by Crippen LogP contribution is 2.29. The molecule has 1 heterocycles. The van der Waals surface area contributed by atoms with E-state index in [1.165, 1.54) is 5.56 Å². The molecule has 0 saturated carbocycles. The van der Waals surface area contributed by atoms with Gasteiger partial charge < -0.3 is 11.5 Å². The summed E-state index contributed by atoms with van der Waals surface area (Å²) in [4.78, 5) is 13.4. The number of primary amides is 1. The van der Waals surface area contributed by atoms with Gasteiger partial charge in [0.25, 0.3) is 0 Å². The van der Waals surface area contributed by atoms with E-state index in [0.29, 0.717) is 12.3 Å². The van der Waals surface area contributed by atoms with Crippen molar-refractivity contribution in [3.05, 3.63) is 35.9 Å². The lowest BCUT2D eigenvalue weighted by atomic mass is 9.90. The van der Waals surface area contributed by atoms with Crippen molar-refractivity contribution < 1.29 is 4.79 Å². The molecule has 0 aromatic heterocycles. The van der Waals surface area contributed by atoms with Gasteiger partial charge in [0, 0.05) is 18.5 Å². The maximum atomic E-state index is 11.0. The maximum absolute atomic E-state index is 11.0. The molecule has 0 aliphatic carbocycles. The number of likely N-dealkylation sites (tertiary alicyclic amines) is 1. The van der Waals surface area contributed by atoms with E-state index >= 15 is 0 Å². The molecule has 2 atom stereocenters. The van der Waals surface area contributed by atoms with Gasteiger partial charge in [0.15, 0.2) is 0 Å². The quantitative estimate of drug-likeness (QED) is 0.858. The van der Waals surface area contributed by atoms with Gasteiger partial charge in [0.05, 0.1) is 0 Å². The van der Waals surface area contributed by atoms with Gasteiger partial charge in [-0.25, -0.2) is 0 Å². The molecule has 0 bridgehead atoms. The van der Waals surface area contributed by atoms with Gasteiger partial charge in [0.1, 0.15) is 0 Å². The maximum Gasteiger partial charge on any atom is 0.217 e. The monoisotopic (exact) mass is 275 g/mol. The lowest BCUT2D eigenvalue weighted by molar-refractivity contribution is -0.119. The van der Waals surface area contributed by atoms with E-state index in [9.17, 15) is 4.79 Å². The van der Waals surface area contributed by atoms with Gasteiger partial charge in [-0.15, -0.1) is 0 Å². The number of carbonyl (C=O) groups excluding carboxylic acids is 1. The van der Waals surface area contributed by atoms with Crippen molar-refractivity contribution in [3.8, 4) is 0 Å². The molecule has 1 saturated heterocycles. The molecular formula is C16H25N3O. The molecule has 4 nitrogen and oxygen atoms in total. The summed E-state index contributed by atoms with van der Waals surface area (Å²) in [6.07, 6.45) is 2.57. The Hall–Kier alpha value is -1.39. The summed E-state index contributed by atoms with van der Waals surface area (Å²) in [6.45, 7) is 4.03. The van der Waals surface area contributed by atoms with Gasteiger partial charge in [-0.3, -0.25) is 9.69 Å². The van der Waals surface area contributed by atoms with E-state index in [0.717, 1.165) is 25.9 Å². The molecule has 2 rings (SSSR count). The molecule has 1 aliphatic heterocycles. The normalized spacial score (nSPS) is 20.5. The average Bonchev–Trinajstić information content (AvgIpc) is 2.41. The first-order valence-corrected chi connectivity index (χ1v) is 7.41. The number of amides is 1. The van der Waals surface area contributed by atoms with Crippen molar-refractivity contribution >= 4 is 5.91 Å². The van der Waals surface area contributed by atoms with Crippen molar-refractivity contribution in [1.29, 1.82) is 0 Å². The largest absolute Gasteiger partial charge is 0.370 e. The highest BCUT2D eigenvalue weighted by Gasteiger charge is 2.28. The first-order chi connectivity index (χ1) is 9.58. The summed E-state index contributed by atoms with van der Waals surface area (Å²) in [5.74, 6) is 0.253. The van der Waals surface area contributed by atoms with Crippen LogP contribution in [0.2, 0.25) is 0 Å². The van der Waals surface area contributed by atoms with E-state index < -0.39 is 0 Å². The Labute approximate surface area is 121 Å². The molecule has 1 aromatic rings. The first kappa shape index (κ1) is 15.0. The molecule has 1 amide bonds. The van der Waals surface area contributed by atoms with Crippen LogP contribution in [-0.4, -0.2) is 29.9 Å². The zero-order valence-electron chi connectivity index (χ0n) is 12.2. The van der Waals surface area contributed by atoms with Gasteiger partial charge in [0.2, 0.25) is 5.91 Å². The smallest absolute Gasteiger partial charge is 0.217 e. The van der Waals surface area contributed by atoms with E-state index in [-0.39, 0.29) is 18.0 Å². The van der Waals surface area contributed by atoms with Crippen LogP contribution in [-0.2, 0) is 4.79 Å². The van der Waals surface area contributed by atoms with Crippen molar-refractivity contribution in [2.24, 2.45) is 17.4 Å². The van der Waals surface area contributed by atoms with E-state index in [2.05, 4.69) is 36.1 Å². The third-order valence-corrected chi connectivity index (χ3v) is 4.17. The van der Waals surface area contributed by atoms with Crippen LogP contribution < -0.4 is 11.5 Å². The standard InChI is InChI=1S/C16H25N3O/c1-12(17)16(14-5-3-2-4-6-14)19-9-7-13(8-10-19)11-15(18)20/h2-6,12-13,16H,7-11,17H2,1H3,(H2,18,20). The zero-order chi connectivity index (χ0) is 14.5. The topological polar surface area (TPSA) is 72.3 Å². The number of rotatable bonds is 5. The van der Waals surface area contributed by atoms with Crippen LogP contribution >= 0.6 is 0 Å². The third-order valence-electron chi connectivity index (χ3n) is 4.17. The Morgan fingerprint density at radius 1 is 1.30 bits per heavy atom. The van der Waals surface area contributed by atoms with Crippen molar-refractivity contribution in [2.45, 2.75) is 38.3 Å². The molecule has 0 spiro atoms. The second kappa shape index (κ2) is 6.86. The van der Waals surface area contributed by atoms with Gasteiger partial charge in [-0.1, -0.05) is 30.3 Å². The third kappa shape index (κ3) is 3.81. The molecule has 1 aromatic carbocycles. The molecule has 2 unspecified atom stereocenters. The SMILES string of the molecule is CC(N)C(c1ccccc1)N1CCC(CC(N)=O)CC1. The van der Waals surface area contributed by atoms with Gasteiger partial charge >= 0.3 is 0 Å². The number of carbonyl (C=O) groups is 1. The fraction of sp³-hybridized carbons (Fsp3) is 0.562. The second-order valence-corrected chi connectivity index (χ2v) is 5.86. The molecular weight excluding hydrogens is 250 g/mol. The Morgan fingerprint density at radius 3 is 2.40 bits per heavy atom. The highest BCUT2D eigenvalue weighted by molar-refractivity contribution is 5.73. The van der Waals surface area contributed by atoms with Gasteiger partial charge in [-0.05, 0) is 44.3 Å². The van der Waals surface area contributed by atoms with Crippen LogP contribution in [0.4, 0.5) is 0 Å². The lowest BCUT2D eigenvalue weighted by Crippen LogP contribution is -2.44. The number of benzene rings is 1. The Bertz CT molecular complexity index is 425. The Morgan fingerprint density at radius 2 is 1.90 bits per heavy atom. The molecule has 1 aliphatic rings. The summed E-state index contributed by atoms with van der Waals surface area (Å²) in [5.41, 5.74) is 12.8. The summed E-state index contributed by atoms with van der Waals surface area (Å²) in [6, 6.07) is 10.8. The predicted octanol–water partition coefficient (Wildman–Crippen LogP) is 1.66. The van der Waals surface area contributed by atoms with E-state index in [1.54, 1.807) is 0 Å². The van der Waals surface area contributed by atoms with Crippen LogP contribution in [0.5, 0.6) is 0 Å². The van der Waals surface area contributed by atoms with Crippen LogP contribution in [0.25, 0.3) is 0 Å². The summed E-state index contributed by atoms with van der Waals surface area (Å²) in [7, 11) is 0. The van der Waals surface area contributed by atoms with E-state index in [1.807, 2.05) is 6.07 Å². The molecule has 4 N–H and O–H groups in total. The zero-order valence-corrected chi connectivity index (χ0v) is 12.2. The summed E-state index contributed by atoms with van der Waals surface area (Å²) < 4.78 is 0. The number of hydrogen-bond donors (Lipinski definition) is 2. The minimum absolute atomic E-state index is 0.0880. The summed E-state index contributed by atoms with van der Waals surface area (Å²) >= 11 is 0. The number of piperidine rings is 1. The van der Waals surface area contributed by atoms with Crippen molar-refractivity contribution in [2.75, 3.05) is 13.1 Å². The van der Waals surface area contributed by atoms with Crippen LogP contribution in [0.3, 0.4) is 0 Å². The summed E-state index contributed by atoms with van der Waals surface area (Å²) in [5, 5.41) is 0. The van der Waals surface area contributed by atoms with Crippen molar-refractivity contribution in [1.82, 2.24) is 4.90 Å². The minimum Gasteiger partial charge on any atom is -0.370 e.